The smallest absolute Gasteiger partial charge is 0.274 e. The fourth-order valence-corrected chi connectivity index (χ4v) is 4.50. The number of nitrogens with zero attached hydrogens (tertiary/aromatic N) is 1. The summed E-state index contributed by atoms with van der Waals surface area (Å²) in [5, 5.41) is 22.4. The second-order valence-corrected chi connectivity index (χ2v) is 10.5. The van der Waals surface area contributed by atoms with Gasteiger partial charge in [0.25, 0.3) is 11.5 Å². The summed E-state index contributed by atoms with van der Waals surface area (Å²) in [6, 6.07) is 9.28. The van der Waals surface area contributed by atoms with E-state index in [4.69, 9.17) is 9.94 Å². The van der Waals surface area contributed by atoms with Crippen molar-refractivity contribution in [1.29, 1.82) is 0 Å². The van der Waals surface area contributed by atoms with Gasteiger partial charge < -0.3 is 24.7 Å². The van der Waals surface area contributed by atoms with E-state index in [0.29, 0.717) is 54.0 Å². The van der Waals surface area contributed by atoms with Crippen molar-refractivity contribution in [3.63, 3.8) is 0 Å². The second-order valence-electron chi connectivity index (χ2n) is 10.5. The fourth-order valence-electron chi connectivity index (χ4n) is 4.50. The summed E-state index contributed by atoms with van der Waals surface area (Å²) in [4.78, 5) is 40.0. The van der Waals surface area contributed by atoms with Gasteiger partial charge in [-0.25, -0.2) is 14.3 Å². The van der Waals surface area contributed by atoms with Gasteiger partial charge in [-0.1, -0.05) is 12.5 Å². The Morgan fingerprint density at radius 3 is 2.45 bits per heavy atom. The van der Waals surface area contributed by atoms with Crippen LogP contribution in [0.25, 0.3) is 22.0 Å². The Kier molecular flexibility index (Phi) is 9.08. The number of carbonyl (C=O) groups excluding carboxylic acids is 2. The Bertz CT molecular complexity index is 1690. The molecule has 0 atom stereocenters. The van der Waals surface area contributed by atoms with Crippen LogP contribution in [0, 0.1) is 11.6 Å². The molecule has 2 aromatic heterocycles. The monoisotopic (exact) mass is 582 g/mol. The molecule has 4 aromatic rings. The van der Waals surface area contributed by atoms with Crippen molar-refractivity contribution in [3.05, 3.63) is 81.9 Å². The number of nitrogens with one attached hydrogen (secondary N) is 3. The number of halogens is 2. The van der Waals surface area contributed by atoms with Crippen LogP contribution in [0.1, 0.15) is 55.6 Å². The van der Waals surface area contributed by atoms with Crippen LogP contribution in [0.3, 0.4) is 0 Å². The first-order valence-electron chi connectivity index (χ1n) is 13.3. The Balaban J connectivity index is 1.71. The van der Waals surface area contributed by atoms with Crippen LogP contribution in [0.4, 0.5) is 8.78 Å². The minimum atomic E-state index is -1.25. The maximum absolute atomic E-state index is 14.5. The first-order valence-corrected chi connectivity index (χ1v) is 13.3. The van der Waals surface area contributed by atoms with E-state index in [1.54, 1.807) is 50.8 Å². The summed E-state index contributed by atoms with van der Waals surface area (Å²) in [6.45, 7) is 3.53. The van der Waals surface area contributed by atoms with Gasteiger partial charge in [0.1, 0.15) is 22.8 Å². The largest absolute Gasteiger partial charge is 0.454 e. The molecule has 2 heterocycles. The molecule has 2 amide bonds. The van der Waals surface area contributed by atoms with E-state index in [2.05, 4.69) is 10.3 Å². The lowest BCUT2D eigenvalue weighted by molar-refractivity contribution is -0.129. The van der Waals surface area contributed by atoms with Crippen molar-refractivity contribution in [2.45, 2.75) is 45.1 Å². The van der Waals surface area contributed by atoms with Crippen LogP contribution in [0.2, 0.25) is 0 Å². The van der Waals surface area contributed by atoms with Crippen LogP contribution in [-0.4, -0.2) is 38.2 Å². The molecule has 0 saturated carbocycles. The molecular weight excluding hydrogens is 550 g/mol. The molecule has 5 N–H and O–H groups in total. The van der Waals surface area contributed by atoms with E-state index >= 15 is 0 Å². The number of aliphatic hydroxyl groups is 1. The number of hydroxylamine groups is 1. The van der Waals surface area contributed by atoms with Gasteiger partial charge in [-0.3, -0.25) is 19.6 Å². The number of aromatic amines is 1. The zero-order valence-corrected chi connectivity index (χ0v) is 23.4. The van der Waals surface area contributed by atoms with Crippen LogP contribution in [-0.2, 0) is 17.4 Å². The number of pyridine rings is 1. The fraction of sp³-hybridized carbons (Fsp3) is 0.300. The third-order valence-corrected chi connectivity index (χ3v) is 6.79. The molecule has 2 aromatic carbocycles. The van der Waals surface area contributed by atoms with Crippen LogP contribution < -0.4 is 21.1 Å². The van der Waals surface area contributed by atoms with E-state index in [0.717, 1.165) is 12.1 Å². The Labute approximate surface area is 239 Å². The van der Waals surface area contributed by atoms with Crippen LogP contribution in [0.5, 0.6) is 11.5 Å². The number of ether oxygens (including phenoxy) is 1. The molecule has 222 valence electrons. The molecule has 0 fully saturated rings. The normalized spacial score (nSPS) is 11.5. The van der Waals surface area contributed by atoms with Gasteiger partial charge in [0, 0.05) is 48.8 Å². The zero-order valence-electron chi connectivity index (χ0n) is 23.4. The van der Waals surface area contributed by atoms with Crippen molar-refractivity contribution < 1.29 is 33.4 Å². The van der Waals surface area contributed by atoms with E-state index in [-0.39, 0.29) is 34.7 Å². The van der Waals surface area contributed by atoms with Crippen LogP contribution >= 0.6 is 0 Å². The molecule has 0 aliphatic heterocycles. The second kappa shape index (κ2) is 12.5. The highest BCUT2D eigenvalue weighted by atomic mass is 19.1. The summed E-state index contributed by atoms with van der Waals surface area (Å²) < 4.78 is 35.2. The van der Waals surface area contributed by atoms with E-state index < -0.39 is 29.0 Å². The van der Waals surface area contributed by atoms with Gasteiger partial charge in [-0.15, -0.1) is 0 Å². The van der Waals surface area contributed by atoms with E-state index in [9.17, 15) is 28.3 Å². The third kappa shape index (κ3) is 6.84. The molecule has 0 saturated heterocycles. The molecule has 0 aliphatic carbocycles. The molecule has 0 radical (unpaired) electrons. The van der Waals surface area contributed by atoms with E-state index in [1.807, 2.05) is 0 Å². The predicted molar refractivity (Wildman–Crippen MR) is 151 cm³/mol. The molecule has 0 aliphatic rings. The highest BCUT2D eigenvalue weighted by Gasteiger charge is 2.23. The quantitative estimate of drug-likeness (QED) is 0.0991. The number of fused-ring (bicyclic) bond motifs is 1. The first kappa shape index (κ1) is 30.4. The van der Waals surface area contributed by atoms with Crippen molar-refractivity contribution in [3.8, 4) is 22.6 Å². The molecular formula is C30H32F2N4O6. The Morgan fingerprint density at radius 1 is 1.02 bits per heavy atom. The van der Waals surface area contributed by atoms with Crippen molar-refractivity contribution >= 4 is 22.7 Å². The first-order chi connectivity index (χ1) is 19.9. The molecule has 4 rings (SSSR count). The summed E-state index contributed by atoms with van der Waals surface area (Å²) in [6.07, 6.45) is 3.53. The van der Waals surface area contributed by atoms with Gasteiger partial charge in [0.05, 0.1) is 5.60 Å². The SMILES string of the molecule is Cn1cc(-c2cc(C(C)(C)O)ccc2Oc2ccc(F)cc2F)c2cc(C(=O)NCCCCCC(=O)NO)[nH]c2c1=O. The lowest BCUT2D eigenvalue weighted by atomic mass is 9.93. The van der Waals surface area contributed by atoms with Crippen molar-refractivity contribution in [2.75, 3.05) is 6.54 Å². The molecule has 42 heavy (non-hydrogen) atoms. The highest BCUT2D eigenvalue weighted by Crippen LogP contribution is 2.40. The maximum atomic E-state index is 14.5. The van der Waals surface area contributed by atoms with E-state index in [1.165, 1.54) is 10.6 Å². The van der Waals surface area contributed by atoms with Crippen molar-refractivity contribution in [1.82, 2.24) is 20.3 Å². The standard InChI is InChI=1S/C30H32F2N4O6/c1-30(2,40)17-8-10-24(42-25-11-9-18(31)14-22(25)32)19(13-17)21-16-36(3)29(39)27-20(21)15-23(34-27)28(38)33-12-6-4-5-7-26(37)35-41/h8-11,13-16,34,40-41H,4-7,12H2,1-3H3,(H,33,38)(H,35,37). The van der Waals surface area contributed by atoms with Crippen molar-refractivity contribution in [2.24, 2.45) is 7.05 Å². The number of amides is 2. The van der Waals surface area contributed by atoms with Crippen LogP contribution in [0.15, 0.2) is 53.5 Å². The number of carbonyl (C=O) groups is 2. The molecule has 12 heteroatoms. The zero-order chi connectivity index (χ0) is 30.6. The number of H-pyrrole nitrogens is 1. The lowest BCUT2D eigenvalue weighted by Gasteiger charge is -2.21. The average molecular weight is 583 g/mol. The number of rotatable bonds is 11. The maximum Gasteiger partial charge on any atom is 0.274 e. The summed E-state index contributed by atoms with van der Waals surface area (Å²) in [7, 11) is 1.54. The summed E-state index contributed by atoms with van der Waals surface area (Å²) in [5.41, 5.74) is 1.60. The predicted octanol–water partition coefficient (Wildman–Crippen LogP) is 4.63. The molecule has 0 unspecified atom stereocenters. The molecule has 0 bridgehead atoms. The van der Waals surface area contributed by atoms with Gasteiger partial charge in [-0.2, -0.15) is 0 Å². The molecule has 10 nitrogen and oxygen atoms in total. The van der Waals surface area contributed by atoms with Gasteiger partial charge >= 0.3 is 0 Å². The number of hydrogen-bond donors (Lipinski definition) is 5. The minimum Gasteiger partial charge on any atom is -0.454 e. The number of unbranched alkanes of at least 4 members (excludes halogenated alkanes) is 2. The molecule has 0 spiro atoms. The Hall–Kier alpha value is -4.55. The number of benzene rings is 2. The third-order valence-electron chi connectivity index (χ3n) is 6.79. The van der Waals surface area contributed by atoms with Gasteiger partial charge in [0.2, 0.25) is 5.91 Å². The van der Waals surface area contributed by atoms with Gasteiger partial charge in [-0.05, 0) is 62.6 Å². The number of hydrogen-bond acceptors (Lipinski definition) is 6. The lowest BCUT2D eigenvalue weighted by Crippen LogP contribution is -2.25. The minimum absolute atomic E-state index is 0.139. The summed E-state index contributed by atoms with van der Waals surface area (Å²) in [5.74, 6) is -2.63. The summed E-state index contributed by atoms with van der Waals surface area (Å²) >= 11 is 0. The number of aromatic nitrogens is 2. The topological polar surface area (TPSA) is 146 Å². The highest BCUT2D eigenvalue weighted by molar-refractivity contribution is 6.03. The number of aryl methyl sites for hydroxylation is 1. The average Bonchev–Trinajstić information content (AvgIpc) is 3.39. The van der Waals surface area contributed by atoms with Gasteiger partial charge in [0.15, 0.2) is 11.6 Å². The Morgan fingerprint density at radius 2 is 1.76 bits per heavy atom.